The molecule has 1 saturated heterocycles. The number of hydrogen-bond acceptors (Lipinski definition) is 5. The van der Waals surface area contributed by atoms with Gasteiger partial charge in [-0.05, 0) is 18.2 Å². The van der Waals surface area contributed by atoms with Crippen molar-refractivity contribution in [3.05, 3.63) is 39.8 Å². The van der Waals surface area contributed by atoms with Crippen molar-refractivity contribution in [1.82, 2.24) is 9.88 Å². The van der Waals surface area contributed by atoms with E-state index in [9.17, 15) is 4.79 Å². The van der Waals surface area contributed by atoms with Gasteiger partial charge in [0.05, 0.1) is 5.56 Å². The number of benzene rings is 1. The maximum absolute atomic E-state index is 12.5. The normalized spacial score (nSPS) is 15.3. The summed E-state index contributed by atoms with van der Waals surface area (Å²) in [6.45, 7) is 2.98. The van der Waals surface area contributed by atoms with Crippen LogP contribution in [-0.2, 0) is 0 Å². The van der Waals surface area contributed by atoms with E-state index < -0.39 is 0 Å². The number of nitrogens with two attached hydrogens (primary N) is 1. The van der Waals surface area contributed by atoms with Crippen LogP contribution < -0.4 is 10.6 Å². The van der Waals surface area contributed by atoms with E-state index in [-0.39, 0.29) is 5.91 Å². The molecular formula is C14H15BrN4OS. The molecule has 1 aromatic heterocycles. The van der Waals surface area contributed by atoms with Crippen molar-refractivity contribution >= 4 is 44.0 Å². The van der Waals surface area contributed by atoms with Crippen molar-refractivity contribution in [2.45, 2.75) is 0 Å². The predicted molar refractivity (Wildman–Crippen MR) is 88.8 cm³/mol. The number of carbonyl (C=O) groups is 1. The van der Waals surface area contributed by atoms with Crippen LogP contribution in [-0.4, -0.2) is 42.0 Å². The first kappa shape index (κ1) is 14.3. The smallest absolute Gasteiger partial charge is 0.256 e. The molecule has 1 fully saturated rings. The Morgan fingerprint density at radius 2 is 2.05 bits per heavy atom. The number of thiazole rings is 1. The van der Waals surface area contributed by atoms with Crippen molar-refractivity contribution in [3.63, 3.8) is 0 Å². The van der Waals surface area contributed by atoms with Gasteiger partial charge in [0.2, 0.25) is 0 Å². The fourth-order valence-electron chi connectivity index (χ4n) is 2.37. The summed E-state index contributed by atoms with van der Waals surface area (Å²) >= 11 is 4.98. The molecule has 2 aromatic rings. The molecule has 1 aromatic carbocycles. The molecule has 0 unspecified atom stereocenters. The summed E-state index contributed by atoms with van der Waals surface area (Å²) in [5.41, 5.74) is 7.02. The predicted octanol–water partition coefficient (Wildman–Crippen LogP) is 2.45. The standard InChI is InChI=1S/C14H15BrN4OS/c15-10-1-2-11(12(16)9-10)13(20)18-4-6-19(7-5-18)14-17-3-8-21-14/h1-3,8-9H,4-7,16H2. The average molecular weight is 367 g/mol. The second kappa shape index (κ2) is 6.03. The Morgan fingerprint density at radius 1 is 1.29 bits per heavy atom. The molecule has 0 saturated carbocycles. The molecular weight excluding hydrogens is 352 g/mol. The molecule has 0 aliphatic carbocycles. The Morgan fingerprint density at radius 3 is 2.67 bits per heavy atom. The molecule has 0 radical (unpaired) electrons. The zero-order chi connectivity index (χ0) is 14.8. The lowest BCUT2D eigenvalue weighted by Gasteiger charge is -2.34. The van der Waals surface area contributed by atoms with Gasteiger partial charge in [0.15, 0.2) is 5.13 Å². The van der Waals surface area contributed by atoms with Gasteiger partial charge >= 0.3 is 0 Å². The van der Waals surface area contributed by atoms with Crippen LogP contribution >= 0.6 is 27.3 Å². The van der Waals surface area contributed by atoms with E-state index in [0.717, 1.165) is 22.7 Å². The molecule has 1 aliphatic rings. The lowest BCUT2D eigenvalue weighted by Crippen LogP contribution is -2.48. The third kappa shape index (κ3) is 3.03. The fraction of sp³-hybridized carbons (Fsp3) is 0.286. The summed E-state index contributed by atoms with van der Waals surface area (Å²) < 4.78 is 0.880. The van der Waals surface area contributed by atoms with Crippen LogP contribution in [0.5, 0.6) is 0 Å². The molecule has 110 valence electrons. The Hall–Kier alpha value is -1.60. The van der Waals surface area contributed by atoms with Crippen LogP contribution in [0.1, 0.15) is 10.4 Å². The highest BCUT2D eigenvalue weighted by Crippen LogP contribution is 2.22. The summed E-state index contributed by atoms with van der Waals surface area (Å²) in [5.74, 6) is -0.00112. The first-order chi connectivity index (χ1) is 10.1. The number of carbonyl (C=O) groups excluding carboxylic acids is 1. The molecule has 3 rings (SSSR count). The molecule has 2 N–H and O–H groups in total. The Bertz CT molecular complexity index is 638. The van der Waals surface area contributed by atoms with Gasteiger partial charge in [-0.3, -0.25) is 4.79 Å². The third-order valence-electron chi connectivity index (χ3n) is 3.50. The van der Waals surface area contributed by atoms with Crippen LogP contribution in [0.4, 0.5) is 10.8 Å². The summed E-state index contributed by atoms with van der Waals surface area (Å²) in [6, 6.07) is 5.38. The van der Waals surface area contributed by atoms with Gasteiger partial charge in [0, 0.05) is 47.9 Å². The van der Waals surface area contributed by atoms with E-state index in [0.29, 0.717) is 24.3 Å². The minimum Gasteiger partial charge on any atom is -0.398 e. The second-order valence-electron chi connectivity index (χ2n) is 4.83. The van der Waals surface area contributed by atoms with E-state index in [4.69, 9.17) is 5.73 Å². The lowest BCUT2D eigenvalue weighted by atomic mass is 10.1. The molecule has 1 aliphatic heterocycles. The van der Waals surface area contributed by atoms with Gasteiger partial charge in [0.1, 0.15) is 0 Å². The van der Waals surface area contributed by atoms with Crippen LogP contribution in [0.2, 0.25) is 0 Å². The molecule has 5 nitrogen and oxygen atoms in total. The molecule has 21 heavy (non-hydrogen) atoms. The largest absolute Gasteiger partial charge is 0.398 e. The highest BCUT2D eigenvalue weighted by atomic mass is 79.9. The number of halogens is 1. The molecule has 2 heterocycles. The van der Waals surface area contributed by atoms with Gasteiger partial charge in [-0.15, -0.1) is 11.3 Å². The SMILES string of the molecule is Nc1cc(Br)ccc1C(=O)N1CCN(c2nccs2)CC1. The number of amides is 1. The van der Waals surface area contributed by atoms with Gasteiger partial charge in [-0.2, -0.15) is 0 Å². The lowest BCUT2D eigenvalue weighted by molar-refractivity contribution is 0.0748. The zero-order valence-electron chi connectivity index (χ0n) is 11.3. The van der Waals surface area contributed by atoms with Crippen molar-refractivity contribution < 1.29 is 4.79 Å². The minimum absolute atomic E-state index is 0.00112. The first-order valence-electron chi connectivity index (χ1n) is 6.64. The molecule has 7 heteroatoms. The number of hydrogen-bond donors (Lipinski definition) is 1. The van der Waals surface area contributed by atoms with Crippen molar-refractivity contribution in [2.24, 2.45) is 0 Å². The maximum Gasteiger partial charge on any atom is 0.256 e. The van der Waals surface area contributed by atoms with Gasteiger partial charge in [-0.25, -0.2) is 4.98 Å². The number of nitrogens with zero attached hydrogens (tertiary/aromatic N) is 3. The van der Waals surface area contributed by atoms with E-state index in [1.807, 2.05) is 16.3 Å². The molecule has 0 spiro atoms. The monoisotopic (exact) mass is 366 g/mol. The highest BCUT2D eigenvalue weighted by molar-refractivity contribution is 9.10. The van der Waals surface area contributed by atoms with Crippen molar-refractivity contribution in [3.8, 4) is 0 Å². The number of anilines is 2. The van der Waals surface area contributed by atoms with Gasteiger partial charge < -0.3 is 15.5 Å². The summed E-state index contributed by atoms with van der Waals surface area (Å²) in [6.07, 6.45) is 1.81. The topological polar surface area (TPSA) is 62.5 Å². The van der Waals surface area contributed by atoms with Crippen LogP contribution in [0.25, 0.3) is 0 Å². The summed E-state index contributed by atoms with van der Waals surface area (Å²) in [7, 11) is 0. The van der Waals surface area contributed by atoms with Crippen LogP contribution in [0.15, 0.2) is 34.2 Å². The van der Waals surface area contributed by atoms with Crippen LogP contribution in [0, 0.1) is 0 Å². The van der Waals surface area contributed by atoms with Crippen LogP contribution in [0.3, 0.4) is 0 Å². The Labute approximate surface area is 135 Å². The molecule has 0 atom stereocenters. The maximum atomic E-state index is 12.5. The van der Waals surface area contributed by atoms with Crippen molar-refractivity contribution in [2.75, 3.05) is 36.8 Å². The van der Waals surface area contributed by atoms with Gasteiger partial charge in [-0.1, -0.05) is 15.9 Å². The summed E-state index contributed by atoms with van der Waals surface area (Å²) in [5, 5.41) is 2.99. The fourth-order valence-corrected chi connectivity index (χ4v) is 3.45. The van der Waals surface area contributed by atoms with E-state index in [1.165, 1.54) is 0 Å². The Kier molecular flexibility index (Phi) is 4.12. The Balaban J connectivity index is 1.67. The number of rotatable bonds is 2. The minimum atomic E-state index is -0.00112. The van der Waals surface area contributed by atoms with E-state index in [2.05, 4.69) is 25.8 Å². The quantitative estimate of drug-likeness (QED) is 0.829. The molecule has 0 bridgehead atoms. The highest BCUT2D eigenvalue weighted by Gasteiger charge is 2.24. The van der Waals surface area contributed by atoms with E-state index >= 15 is 0 Å². The van der Waals surface area contributed by atoms with Gasteiger partial charge in [0.25, 0.3) is 5.91 Å². The number of aromatic nitrogens is 1. The van der Waals surface area contributed by atoms with Crippen molar-refractivity contribution in [1.29, 1.82) is 0 Å². The average Bonchev–Trinajstić information content (AvgIpc) is 3.01. The zero-order valence-corrected chi connectivity index (χ0v) is 13.7. The first-order valence-corrected chi connectivity index (χ1v) is 8.31. The molecule has 1 amide bonds. The second-order valence-corrected chi connectivity index (χ2v) is 6.61. The third-order valence-corrected chi connectivity index (χ3v) is 4.83. The number of nitrogen functional groups attached to an aromatic ring is 1. The summed E-state index contributed by atoms with van der Waals surface area (Å²) in [4.78, 5) is 20.9. The number of piperazine rings is 1. The van der Waals surface area contributed by atoms with E-state index in [1.54, 1.807) is 29.7 Å².